The van der Waals surface area contributed by atoms with Crippen molar-refractivity contribution in [2.24, 2.45) is 4.99 Å². The molecule has 0 aromatic heterocycles. The summed E-state index contributed by atoms with van der Waals surface area (Å²) in [5, 5.41) is 10.8. The molecular formula is C22H29NO2. The van der Waals surface area contributed by atoms with Crippen LogP contribution in [0.2, 0.25) is 0 Å². The van der Waals surface area contributed by atoms with Crippen LogP contribution in [0.1, 0.15) is 58.2 Å². The number of hydrogen-bond acceptors (Lipinski definition) is 3. The summed E-state index contributed by atoms with van der Waals surface area (Å²) in [5.74, 6) is 1.06. The van der Waals surface area contributed by atoms with E-state index < -0.39 is 0 Å². The van der Waals surface area contributed by atoms with Crippen molar-refractivity contribution in [3.05, 3.63) is 53.1 Å². The Hall–Kier alpha value is -2.29. The minimum Gasteiger partial charge on any atom is -0.507 e. The highest BCUT2D eigenvalue weighted by Crippen LogP contribution is 2.37. The number of rotatable bonds is 3. The van der Waals surface area contributed by atoms with Crippen LogP contribution >= 0.6 is 0 Å². The first-order chi connectivity index (χ1) is 11.5. The van der Waals surface area contributed by atoms with Crippen LogP contribution in [-0.4, -0.2) is 18.4 Å². The Bertz CT molecular complexity index is 778. The largest absolute Gasteiger partial charge is 0.507 e. The molecule has 0 unspecified atom stereocenters. The lowest BCUT2D eigenvalue weighted by Crippen LogP contribution is -2.17. The highest BCUT2D eigenvalue weighted by Gasteiger charge is 2.24. The average Bonchev–Trinajstić information content (AvgIpc) is 2.51. The van der Waals surface area contributed by atoms with Gasteiger partial charge in [-0.05, 0) is 34.6 Å². The molecule has 0 aliphatic heterocycles. The van der Waals surface area contributed by atoms with E-state index in [1.807, 2.05) is 30.3 Å². The molecule has 2 rings (SSSR count). The number of benzene rings is 2. The number of aliphatic imine (C=N–C) groups is 1. The van der Waals surface area contributed by atoms with Crippen LogP contribution in [0.4, 0.5) is 5.69 Å². The number of phenols is 1. The van der Waals surface area contributed by atoms with Gasteiger partial charge in [-0.3, -0.25) is 4.99 Å². The Morgan fingerprint density at radius 1 is 0.960 bits per heavy atom. The highest BCUT2D eigenvalue weighted by atomic mass is 16.5. The van der Waals surface area contributed by atoms with Gasteiger partial charge in [-0.2, -0.15) is 0 Å². The van der Waals surface area contributed by atoms with Crippen molar-refractivity contribution in [2.75, 3.05) is 7.11 Å². The van der Waals surface area contributed by atoms with Gasteiger partial charge < -0.3 is 9.84 Å². The summed E-state index contributed by atoms with van der Waals surface area (Å²) in [7, 11) is 1.64. The van der Waals surface area contributed by atoms with E-state index in [4.69, 9.17) is 4.74 Å². The molecule has 0 bridgehead atoms. The first-order valence-electron chi connectivity index (χ1n) is 8.58. The fourth-order valence-electron chi connectivity index (χ4n) is 2.59. The van der Waals surface area contributed by atoms with Crippen molar-refractivity contribution >= 4 is 11.9 Å². The van der Waals surface area contributed by atoms with Crippen molar-refractivity contribution in [1.82, 2.24) is 0 Å². The van der Waals surface area contributed by atoms with Gasteiger partial charge in [-0.15, -0.1) is 0 Å². The summed E-state index contributed by atoms with van der Waals surface area (Å²) in [6.07, 6.45) is 1.73. The highest BCUT2D eigenvalue weighted by molar-refractivity contribution is 5.86. The lowest BCUT2D eigenvalue weighted by molar-refractivity contribution is 0.415. The quantitative estimate of drug-likeness (QED) is 0.724. The molecule has 3 heteroatoms. The molecule has 2 aromatic carbocycles. The second-order valence-corrected chi connectivity index (χ2v) is 8.42. The number of nitrogens with zero attached hydrogens (tertiary/aromatic N) is 1. The summed E-state index contributed by atoms with van der Waals surface area (Å²) in [6, 6.07) is 11.7. The molecule has 0 heterocycles. The number of ether oxygens (including phenoxy) is 1. The van der Waals surface area contributed by atoms with Gasteiger partial charge >= 0.3 is 0 Å². The molecular weight excluding hydrogens is 310 g/mol. The molecule has 0 aliphatic carbocycles. The molecule has 0 atom stereocenters. The van der Waals surface area contributed by atoms with E-state index in [0.717, 1.165) is 22.6 Å². The van der Waals surface area contributed by atoms with Crippen molar-refractivity contribution in [1.29, 1.82) is 0 Å². The van der Waals surface area contributed by atoms with Crippen LogP contribution in [0.5, 0.6) is 11.5 Å². The van der Waals surface area contributed by atoms with E-state index in [2.05, 4.69) is 52.6 Å². The van der Waals surface area contributed by atoms with E-state index in [9.17, 15) is 5.11 Å². The molecule has 0 aliphatic rings. The fourth-order valence-corrected chi connectivity index (χ4v) is 2.59. The Morgan fingerprint density at radius 2 is 1.64 bits per heavy atom. The minimum atomic E-state index is -0.149. The van der Waals surface area contributed by atoms with Crippen LogP contribution in [-0.2, 0) is 10.8 Å². The zero-order valence-electron chi connectivity index (χ0n) is 16.3. The average molecular weight is 339 g/mol. The molecule has 0 spiro atoms. The van der Waals surface area contributed by atoms with E-state index in [1.54, 1.807) is 13.3 Å². The van der Waals surface area contributed by atoms with Crippen molar-refractivity contribution in [3.63, 3.8) is 0 Å². The third kappa shape index (κ3) is 4.62. The Balaban J connectivity index is 2.54. The Labute approximate surface area is 151 Å². The summed E-state index contributed by atoms with van der Waals surface area (Å²) in [5.41, 5.74) is 3.49. The second kappa shape index (κ2) is 6.91. The first-order valence-corrected chi connectivity index (χ1v) is 8.58. The van der Waals surface area contributed by atoms with Crippen molar-refractivity contribution < 1.29 is 9.84 Å². The molecule has 2 aromatic rings. The summed E-state index contributed by atoms with van der Waals surface area (Å²) >= 11 is 0. The molecule has 3 nitrogen and oxygen atoms in total. The number of aromatic hydroxyl groups is 1. The minimum absolute atomic E-state index is 0.00768. The van der Waals surface area contributed by atoms with Crippen LogP contribution in [0.3, 0.4) is 0 Å². The van der Waals surface area contributed by atoms with Gasteiger partial charge in [0.15, 0.2) is 0 Å². The van der Waals surface area contributed by atoms with E-state index in [-0.39, 0.29) is 10.8 Å². The van der Waals surface area contributed by atoms with Crippen LogP contribution < -0.4 is 4.74 Å². The predicted molar refractivity (Wildman–Crippen MR) is 106 cm³/mol. The lowest BCUT2D eigenvalue weighted by Gasteiger charge is -2.26. The normalized spacial score (nSPS) is 12.6. The molecule has 1 N–H and O–H groups in total. The molecule has 25 heavy (non-hydrogen) atoms. The van der Waals surface area contributed by atoms with Gasteiger partial charge in [0.2, 0.25) is 0 Å². The zero-order valence-corrected chi connectivity index (χ0v) is 16.3. The van der Waals surface area contributed by atoms with Gasteiger partial charge in [0.1, 0.15) is 11.5 Å². The Morgan fingerprint density at radius 3 is 2.20 bits per heavy atom. The maximum Gasteiger partial charge on any atom is 0.128 e. The van der Waals surface area contributed by atoms with Crippen LogP contribution in [0.15, 0.2) is 41.4 Å². The smallest absolute Gasteiger partial charge is 0.128 e. The third-order valence-electron chi connectivity index (χ3n) is 4.22. The molecule has 0 amide bonds. The zero-order chi connectivity index (χ0) is 18.8. The lowest BCUT2D eigenvalue weighted by atomic mass is 9.79. The van der Waals surface area contributed by atoms with Crippen LogP contribution in [0.25, 0.3) is 0 Å². The summed E-state index contributed by atoms with van der Waals surface area (Å²) in [4.78, 5) is 4.53. The Kier molecular flexibility index (Phi) is 5.26. The number of phenolic OH excluding ortho intramolecular Hbond substituents is 1. The van der Waals surface area contributed by atoms with E-state index in [0.29, 0.717) is 5.75 Å². The number of hydrogen-bond donors (Lipinski definition) is 1. The van der Waals surface area contributed by atoms with Gasteiger partial charge in [0, 0.05) is 23.4 Å². The molecule has 0 saturated heterocycles. The molecule has 134 valence electrons. The van der Waals surface area contributed by atoms with Gasteiger partial charge in [0.05, 0.1) is 12.8 Å². The van der Waals surface area contributed by atoms with E-state index >= 15 is 0 Å². The fraction of sp³-hybridized carbons (Fsp3) is 0.409. The maximum atomic E-state index is 10.8. The molecule has 0 saturated carbocycles. The van der Waals surface area contributed by atoms with Gasteiger partial charge in [0.25, 0.3) is 0 Å². The standard InChI is InChI=1S/C22H29NO2/c1-21(2,3)16-11-15(20(24)19(12-16)22(4,5)6)14-23-17-9-8-10-18(13-17)25-7/h8-14,24H,1-7H3. The summed E-state index contributed by atoms with van der Waals surface area (Å²) in [6.45, 7) is 12.9. The number of methoxy groups -OCH3 is 1. The molecule has 0 fully saturated rings. The van der Waals surface area contributed by atoms with E-state index in [1.165, 1.54) is 5.56 Å². The van der Waals surface area contributed by atoms with Crippen LogP contribution in [0, 0.1) is 0 Å². The molecule has 0 radical (unpaired) electrons. The monoisotopic (exact) mass is 339 g/mol. The van der Waals surface area contributed by atoms with Gasteiger partial charge in [-0.25, -0.2) is 0 Å². The topological polar surface area (TPSA) is 41.8 Å². The second-order valence-electron chi connectivity index (χ2n) is 8.42. The summed E-state index contributed by atoms with van der Waals surface area (Å²) < 4.78 is 5.23. The van der Waals surface area contributed by atoms with Crippen molar-refractivity contribution in [3.8, 4) is 11.5 Å². The van der Waals surface area contributed by atoms with Crippen molar-refractivity contribution in [2.45, 2.75) is 52.4 Å². The SMILES string of the molecule is COc1cccc(N=Cc2cc(C(C)(C)C)cc(C(C)(C)C)c2O)c1. The van der Waals surface area contributed by atoms with Gasteiger partial charge in [-0.1, -0.05) is 53.7 Å². The first kappa shape index (κ1) is 19.0. The predicted octanol–water partition coefficient (Wildman–Crippen LogP) is 5.75. The third-order valence-corrected chi connectivity index (χ3v) is 4.22. The maximum absolute atomic E-state index is 10.8.